The molecule has 8 rings (SSSR count). The highest BCUT2D eigenvalue weighted by atomic mass is 15.2. The summed E-state index contributed by atoms with van der Waals surface area (Å²) >= 11 is 0. The first kappa shape index (κ1) is 39.7. The van der Waals surface area contributed by atoms with E-state index in [0.29, 0.717) is 66.5 Å². The molecule has 0 unspecified atom stereocenters. The number of rotatable bonds is 4. The maximum absolute atomic E-state index is 7.32. The molecule has 0 aliphatic heterocycles. The van der Waals surface area contributed by atoms with E-state index < -0.39 is 16.2 Å². The van der Waals surface area contributed by atoms with E-state index in [4.69, 9.17) is 86.3 Å². The summed E-state index contributed by atoms with van der Waals surface area (Å²) in [6.45, 7) is 17.2. The van der Waals surface area contributed by atoms with E-state index in [0.717, 1.165) is 50.1 Å². The van der Waals surface area contributed by atoms with Gasteiger partial charge < -0.3 is 4.90 Å². The lowest BCUT2D eigenvalue weighted by atomic mass is 9.64. The molecule has 0 aromatic heterocycles. The van der Waals surface area contributed by atoms with Crippen molar-refractivity contribution in [2.75, 3.05) is 4.90 Å². The lowest BCUT2D eigenvalue weighted by Gasteiger charge is -2.38. The van der Waals surface area contributed by atoms with Crippen molar-refractivity contribution in [1.82, 2.24) is 0 Å². The topological polar surface area (TPSA) is 3.24 Å². The van der Waals surface area contributed by atoms with Gasteiger partial charge in [0.05, 0.1) is 15.7 Å². The van der Waals surface area contributed by atoms with Gasteiger partial charge in [-0.15, -0.1) is 10.9 Å². The fraction of sp³-hybridized carbons (Fsp3) is 0.200. The van der Waals surface area contributed by atoms with Crippen molar-refractivity contribution >= 4 is 158 Å². The smallest absolute Gasteiger partial charge is 0.115 e. The van der Waals surface area contributed by atoms with Gasteiger partial charge in [-0.1, -0.05) is 141 Å². The van der Waals surface area contributed by atoms with E-state index in [-0.39, 0.29) is 21.8 Å². The number of nitrogens with zero attached hydrogens (tertiary/aromatic N) is 1. The quantitative estimate of drug-likeness (QED) is 0.244. The number of hydrogen-bond acceptors (Lipinski definition) is 1. The Morgan fingerprint density at radius 3 is 1.86 bits per heavy atom. The van der Waals surface area contributed by atoms with E-state index in [1.807, 2.05) is 49.1 Å². The molecule has 248 valence electrons. The summed E-state index contributed by atoms with van der Waals surface area (Å²) in [5, 5.41) is 0.129. The van der Waals surface area contributed by atoms with Gasteiger partial charge in [0.25, 0.3) is 0 Å². The SMILES string of the molecule is [B]C([B])=C/C=C1\C(=C)c2c(N(c3cc4c(c([B])c3[B])-c3ccccc3C4(C)C)c3c([B])c([B])cc4c3-c3cc([B])cc([B])c3C4(C)C)c([B])c([B])c([B])c2C1(C)C. The Hall–Kier alpha value is -4.17. The third-order valence-corrected chi connectivity index (χ3v) is 12.7. The van der Waals surface area contributed by atoms with Gasteiger partial charge in [0.1, 0.15) is 70.6 Å². The highest BCUT2D eigenvalue weighted by Crippen LogP contribution is 2.57. The maximum Gasteiger partial charge on any atom is 0.115 e. The van der Waals surface area contributed by atoms with Crippen LogP contribution in [0.5, 0.6) is 0 Å². The molecule has 0 spiro atoms. The summed E-state index contributed by atoms with van der Waals surface area (Å²) in [5.74, 6) is 0. The second-order valence-electron chi connectivity index (χ2n) is 17.2. The van der Waals surface area contributed by atoms with Gasteiger partial charge >= 0.3 is 0 Å². The van der Waals surface area contributed by atoms with Gasteiger partial charge in [-0.25, -0.2) is 0 Å². The molecular weight excluding hydrogens is 673 g/mol. The average Bonchev–Trinajstić information content (AvgIpc) is 3.58. The minimum atomic E-state index is -0.739. The van der Waals surface area contributed by atoms with E-state index in [1.54, 1.807) is 12.1 Å². The zero-order chi connectivity index (χ0) is 41.6. The molecule has 0 amide bonds. The summed E-state index contributed by atoms with van der Waals surface area (Å²) in [6, 6.07) is 15.9. The Morgan fingerprint density at radius 2 is 1.19 bits per heavy atom. The number of benzene rings is 5. The Labute approximate surface area is 352 Å². The normalized spacial score (nSPS) is 16.8. The van der Waals surface area contributed by atoms with Crippen molar-refractivity contribution in [3.05, 3.63) is 112 Å². The Morgan fingerprint density at radius 1 is 0.561 bits per heavy atom. The summed E-state index contributed by atoms with van der Waals surface area (Å²) in [7, 11) is 75.1. The van der Waals surface area contributed by atoms with Gasteiger partial charge in [-0.05, 0) is 61.7 Å². The first-order valence-corrected chi connectivity index (χ1v) is 18.7. The highest BCUT2D eigenvalue weighted by Gasteiger charge is 2.45. The van der Waals surface area contributed by atoms with Crippen molar-refractivity contribution < 1.29 is 0 Å². The van der Waals surface area contributed by atoms with Gasteiger partial charge in [-0.2, -0.15) is 5.37 Å². The molecule has 12 heteroatoms. The zero-order valence-corrected chi connectivity index (χ0v) is 33.3. The minimum Gasteiger partial charge on any atom is -0.311 e. The second kappa shape index (κ2) is 12.9. The highest BCUT2D eigenvalue weighted by molar-refractivity contribution is 6.61. The predicted octanol–water partition coefficient (Wildman–Crippen LogP) is 0.322. The van der Waals surface area contributed by atoms with Crippen LogP contribution in [0.25, 0.3) is 27.8 Å². The van der Waals surface area contributed by atoms with Crippen LogP contribution in [0.2, 0.25) is 0 Å². The van der Waals surface area contributed by atoms with Crippen LogP contribution in [0.3, 0.4) is 0 Å². The number of hydrogen-bond donors (Lipinski definition) is 0. The average molecular weight is 704 g/mol. The van der Waals surface area contributed by atoms with E-state index in [9.17, 15) is 0 Å². The molecule has 1 nitrogen and oxygen atoms in total. The molecule has 0 atom stereocenters. The van der Waals surface area contributed by atoms with E-state index in [2.05, 4.69) is 52.5 Å². The van der Waals surface area contributed by atoms with Crippen LogP contribution < -0.4 is 54.1 Å². The van der Waals surface area contributed by atoms with Crippen LogP contribution in [-0.2, 0) is 16.2 Å². The van der Waals surface area contributed by atoms with Crippen molar-refractivity contribution in [3.63, 3.8) is 0 Å². The second-order valence-corrected chi connectivity index (χ2v) is 17.2. The molecule has 0 N–H and O–H groups in total. The monoisotopic (exact) mass is 705 g/mol. The maximum atomic E-state index is 7.32. The first-order valence-electron chi connectivity index (χ1n) is 18.7. The van der Waals surface area contributed by atoms with Crippen LogP contribution in [0.15, 0.2) is 78.2 Å². The van der Waals surface area contributed by atoms with Gasteiger partial charge in [0.15, 0.2) is 0 Å². The molecule has 0 heterocycles. The van der Waals surface area contributed by atoms with E-state index in [1.165, 1.54) is 0 Å². The van der Waals surface area contributed by atoms with E-state index >= 15 is 0 Å². The lowest BCUT2D eigenvalue weighted by Crippen LogP contribution is -2.47. The Kier molecular flexibility index (Phi) is 8.98. The van der Waals surface area contributed by atoms with Gasteiger partial charge in [-0.3, -0.25) is 0 Å². The largest absolute Gasteiger partial charge is 0.311 e. The summed E-state index contributed by atoms with van der Waals surface area (Å²) in [5.41, 5.74) is 12.7. The standard InChI is InChI=1S/C45H30B11N/c1-18-22(12-13-29(49)50)44(4,5)34-30(18)41(40(56)39(55)38(34)54)57(28-17-25-31(37(53)36(28)52)20-10-8-9-11-23(20)43(25,2)3)42-32-21-14-19(46)15-26(47)33(21)45(6,7)24(32)16-27(48)35(42)51/h8-17H,1H2,2-7H3/b22-12+. The summed E-state index contributed by atoms with van der Waals surface area (Å²) in [4.78, 5) is 1.95. The lowest BCUT2D eigenvalue weighted by molar-refractivity contribution is 0.661. The zero-order valence-electron chi connectivity index (χ0n) is 33.3. The van der Waals surface area contributed by atoms with Crippen molar-refractivity contribution in [3.8, 4) is 22.3 Å². The Bertz CT molecular complexity index is 2750. The molecule has 3 aliphatic carbocycles. The third kappa shape index (κ3) is 5.30. The minimum absolute atomic E-state index is 0.129. The van der Waals surface area contributed by atoms with Crippen LogP contribution in [0.4, 0.5) is 17.1 Å². The fourth-order valence-electron chi connectivity index (χ4n) is 9.94. The van der Waals surface area contributed by atoms with Crippen LogP contribution in [0, 0.1) is 0 Å². The molecule has 0 saturated carbocycles. The molecule has 57 heavy (non-hydrogen) atoms. The number of allylic oxidation sites excluding steroid dienone is 4. The molecule has 0 fully saturated rings. The molecule has 5 aromatic rings. The number of anilines is 3. The summed E-state index contributed by atoms with van der Waals surface area (Å²) in [6.07, 6.45) is 3.47. The molecule has 0 saturated heterocycles. The van der Waals surface area contributed by atoms with Crippen molar-refractivity contribution in [2.24, 2.45) is 0 Å². The molecule has 0 bridgehead atoms. The van der Waals surface area contributed by atoms with Gasteiger partial charge in [0.2, 0.25) is 0 Å². The number of fused-ring (bicyclic) bond motifs is 7. The molecule has 3 aliphatic rings. The molecule has 22 radical (unpaired) electrons. The van der Waals surface area contributed by atoms with Crippen molar-refractivity contribution in [2.45, 2.75) is 57.8 Å². The fourth-order valence-corrected chi connectivity index (χ4v) is 9.94. The van der Waals surface area contributed by atoms with Crippen LogP contribution in [0.1, 0.15) is 74.9 Å². The Balaban J connectivity index is 1.60. The van der Waals surface area contributed by atoms with Crippen LogP contribution >= 0.6 is 0 Å². The first-order chi connectivity index (χ1) is 26.6. The predicted molar refractivity (Wildman–Crippen MR) is 254 cm³/mol. The molecule has 5 aromatic carbocycles. The van der Waals surface area contributed by atoms with Crippen LogP contribution in [-0.4, -0.2) is 86.3 Å². The summed E-state index contributed by atoms with van der Waals surface area (Å²) < 4.78 is 0. The molecular formula is C45H30B11N. The third-order valence-electron chi connectivity index (χ3n) is 12.7. The van der Waals surface area contributed by atoms with Crippen molar-refractivity contribution in [1.29, 1.82) is 0 Å². The van der Waals surface area contributed by atoms with Gasteiger partial charge in [0, 0.05) is 44.4 Å².